The number of fused-ring (bicyclic) bond motifs is 5. The molecule has 0 spiro atoms. The molecule has 4 rings (SSSR count). The van der Waals surface area contributed by atoms with Gasteiger partial charge in [-0.15, -0.1) is 0 Å². The van der Waals surface area contributed by atoms with Crippen molar-refractivity contribution in [2.75, 3.05) is 0 Å². The molecule has 1 N–H and O–H groups in total. The lowest BCUT2D eigenvalue weighted by Gasteiger charge is -2.58. The second-order valence-electron chi connectivity index (χ2n) is 8.96. The molecule has 6 atom stereocenters. The molecule has 23 heavy (non-hydrogen) atoms. The molecule has 4 aliphatic carbocycles. The van der Waals surface area contributed by atoms with E-state index in [0.29, 0.717) is 22.8 Å². The lowest BCUT2D eigenvalue weighted by Crippen LogP contribution is -2.53. The van der Waals surface area contributed by atoms with E-state index < -0.39 is 5.60 Å². The Hall–Kier alpha value is -0.600. The molecule has 4 aliphatic rings. The van der Waals surface area contributed by atoms with E-state index >= 15 is 0 Å². The number of carbonyl (C=O) groups excluding carboxylic acids is 1. The third-order valence-corrected chi connectivity index (χ3v) is 8.62. The smallest absolute Gasteiger partial charge is 0.196 e. The fourth-order valence-corrected chi connectivity index (χ4v) is 6.88. The number of rotatable bonds is 0. The molecule has 3 fully saturated rings. The first kappa shape index (κ1) is 15.9. The van der Waals surface area contributed by atoms with Gasteiger partial charge in [-0.25, -0.2) is 0 Å². The van der Waals surface area contributed by atoms with Crippen LogP contribution < -0.4 is 0 Å². The SMILES string of the molecule is C[C@]12C=CC(=O)C(Cl)=C1CC[C@@H]1[C@H]2CC[C@@]2(C)[C@@H]1CC[C@]2(C)O. The number of carbonyl (C=O) groups is 1. The van der Waals surface area contributed by atoms with Crippen LogP contribution in [0.4, 0.5) is 0 Å². The maximum atomic E-state index is 12.0. The highest BCUT2D eigenvalue weighted by Gasteiger charge is 2.62. The van der Waals surface area contributed by atoms with Gasteiger partial charge in [0.25, 0.3) is 0 Å². The number of aliphatic hydroxyl groups is 1. The molecule has 0 unspecified atom stereocenters. The lowest BCUT2D eigenvalue weighted by molar-refractivity contribution is -0.114. The molecule has 3 heteroatoms. The van der Waals surface area contributed by atoms with Crippen molar-refractivity contribution in [2.45, 2.75) is 64.9 Å². The molecule has 0 saturated heterocycles. The van der Waals surface area contributed by atoms with Gasteiger partial charge in [-0.05, 0) is 80.3 Å². The van der Waals surface area contributed by atoms with Crippen molar-refractivity contribution in [1.29, 1.82) is 0 Å². The zero-order chi connectivity index (χ0) is 16.6. The van der Waals surface area contributed by atoms with E-state index in [1.54, 1.807) is 6.08 Å². The van der Waals surface area contributed by atoms with E-state index in [2.05, 4.69) is 19.9 Å². The summed E-state index contributed by atoms with van der Waals surface area (Å²) in [7, 11) is 0. The number of hydrogen-bond acceptors (Lipinski definition) is 2. The number of hydrogen-bond donors (Lipinski definition) is 1. The Labute approximate surface area is 144 Å². The fraction of sp³-hybridized carbons (Fsp3) is 0.750. The normalized spacial score (nSPS) is 52.2. The van der Waals surface area contributed by atoms with Gasteiger partial charge in [-0.1, -0.05) is 31.5 Å². The molecule has 0 aliphatic heterocycles. The van der Waals surface area contributed by atoms with Gasteiger partial charge >= 0.3 is 0 Å². The molecule has 0 aromatic heterocycles. The Morgan fingerprint density at radius 2 is 1.83 bits per heavy atom. The van der Waals surface area contributed by atoms with Gasteiger partial charge in [-0.3, -0.25) is 4.79 Å². The van der Waals surface area contributed by atoms with Crippen LogP contribution in [0, 0.1) is 28.6 Å². The van der Waals surface area contributed by atoms with E-state index in [-0.39, 0.29) is 16.6 Å². The second kappa shape index (κ2) is 4.73. The maximum Gasteiger partial charge on any atom is 0.196 e. The molecule has 126 valence electrons. The van der Waals surface area contributed by atoms with Crippen LogP contribution in [0.2, 0.25) is 0 Å². The molecular weight excluding hydrogens is 308 g/mol. The van der Waals surface area contributed by atoms with Gasteiger partial charge in [0.2, 0.25) is 0 Å². The topological polar surface area (TPSA) is 37.3 Å². The largest absolute Gasteiger partial charge is 0.390 e. The molecule has 2 nitrogen and oxygen atoms in total. The standard InChI is InChI=1S/C20H27ClO2/c1-18-9-8-16(22)17(21)15(18)5-4-12-13(18)6-10-19(2)14(12)7-11-20(19,3)23/h8-9,12-14,23H,4-7,10-11H2,1-3H3/t12-,13-,14-,18-,19+,20+/m1/s1. The summed E-state index contributed by atoms with van der Waals surface area (Å²) in [4.78, 5) is 12.0. The van der Waals surface area contributed by atoms with Crippen LogP contribution >= 0.6 is 11.6 Å². The summed E-state index contributed by atoms with van der Waals surface area (Å²) in [6, 6.07) is 0. The molecular formula is C20H27ClO2. The van der Waals surface area contributed by atoms with Gasteiger partial charge in [0.15, 0.2) is 5.78 Å². The third kappa shape index (κ3) is 1.88. The summed E-state index contributed by atoms with van der Waals surface area (Å²) in [5.74, 6) is 1.76. The lowest BCUT2D eigenvalue weighted by atomic mass is 9.47. The summed E-state index contributed by atoms with van der Waals surface area (Å²) in [5, 5.41) is 11.4. The van der Waals surface area contributed by atoms with Gasteiger partial charge in [0.05, 0.1) is 10.6 Å². The van der Waals surface area contributed by atoms with Gasteiger partial charge in [0.1, 0.15) is 0 Å². The summed E-state index contributed by atoms with van der Waals surface area (Å²) in [6.07, 6.45) is 10.1. The van der Waals surface area contributed by atoms with Crippen molar-refractivity contribution in [1.82, 2.24) is 0 Å². The minimum absolute atomic E-state index is 0.0259. The number of allylic oxidation sites excluding steroid dienone is 4. The molecule has 0 aromatic carbocycles. The first-order valence-electron chi connectivity index (χ1n) is 9.06. The third-order valence-electron chi connectivity index (χ3n) is 8.21. The molecule has 0 aromatic rings. The predicted molar refractivity (Wildman–Crippen MR) is 92.0 cm³/mol. The summed E-state index contributed by atoms with van der Waals surface area (Å²) in [6.45, 7) is 6.63. The van der Waals surface area contributed by atoms with Crippen molar-refractivity contribution >= 4 is 17.4 Å². The van der Waals surface area contributed by atoms with Crippen molar-refractivity contribution in [3.63, 3.8) is 0 Å². The first-order chi connectivity index (χ1) is 10.7. The monoisotopic (exact) mass is 334 g/mol. The highest BCUT2D eigenvalue weighted by Crippen LogP contribution is 2.67. The van der Waals surface area contributed by atoms with E-state index in [0.717, 1.165) is 38.5 Å². The van der Waals surface area contributed by atoms with E-state index in [1.807, 2.05) is 6.92 Å². The summed E-state index contributed by atoms with van der Waals surface area (Å²) < 4.78 is 0. The summed E-state index contributed by atoms with van der Waals surface area (Å²) in [5.41, 5.74) is 0.615. The Morgan fingerprint density at radius 3 is 2.57 bits per heavy atom. The quantitative estimate of drug-likeness (QED) is 0.702. The number of ketones is 1. The van der Waals surface area contributed by atoms with Crippen molar-refractivity contribution in [3.05, 3.63) is 22.8 Å². The average Bonchev–Trinajstić information content (AvgIpc) is 2.74. The van der Waals surface area contributed by atoms with Crippen LogP contribution in [-0.4, -0.2) is 16.5 Å². The van der Waals surface area contributed by atoms with Crippen molar-refractivity contribution < 1.29 is 9.90 Å². The van der Waals surface area contributed by atoms with Crippen LogP contribution in [0.25, 0.3) is 0 Å². The van der Waals surface area contributed by atoms with E-state index in [4.69, 9.17) is 11.6 Å². The van der Waals surface area contributed by atoms with E-state index in [1.165, 1.54) is 5.57 Å². The zero-order valence-electron chi connectivity index (χ0n) is 14.4. The van der Waals surface area contributed by atoms with Gasteiger partial charge in [0, 0.05) is 5.41 Å². The average molecular weight is 335 g/mol. The highest BCUT2D eigenvalue weighted by molar-refractivity contribution is 6.45. The molecule has 0 heterocycles. The fourth-order valence-electron chi connectivity index (χ4n) is 6.52. The molecule has 0 bridgehead atoms. The van der Waals surface area contributed by atoms with E-state index in [9.17, 15) is 9.90 Å². The van der Waals surface area contributed by atoms with Crippen molar-refractivity contribution in [2.24, 2.45) is 28.6 Å². The van der Waals surface area contributed by atoms with Crippen molar-refractivity contribution in [3.8, 4) is 0 Å². The minimum Gasteiger partial charge on any atom is -0.390 e. The molecule has 3 saturated carbocycles. The van der Waals surface area contributed by atoms with Gasteiger partial charge in [-0.2, -0.15) is 0 Å². The van der Waals surface area contributed by atoms with Crippen LogP contribution in [0.5, 0.6) is 0 Å². The molecule has 0 amide bonds. The Balaban J connectivity index is 1.74. The first-order valence-corrected chi connectivity index (χ1v) is 9.43. The Bertz CT molecular complexity index is 632. The van der Waals surface area contributed by atoms with Crippen LogP contribution in [0.15, 0.2) is 22.8 Å². The maximum absolute atomic E-state index is 12.0. The Kier molecular flexibility index (Phi) is 3.27. The predicted octanol–water partition coefficient (Wildman–Crippen LogP) is 4.61. The Morgan fingerprint density at radius 1 is 1.13 bits per heavy atom. The highest BCUT2D eigenvalue weighted by atomic mass is 35.5. The number of halogens is 1. The van der Waals surface area contributed by atoms with Crippen LogP contribution in [0.3, 0.4) is 0 Å². The zero-order valence-corrected chi connectivity index (χ0v) is 15.1. The second-order valence-corrected chi connectivity index (χ2v) is 9.33. The minimum atomic E-state index is -0.532. The van der Waals surface area contributed by atoms with Crippen LogP contribution in [-0.2, 0) is 4.79 Å². The molecule has 0 radical (unpaired) electrons. The van der Waals surface area contributed by atoms with Crippen LogP contribution in [0.1, 0.15) is 59.3 Å². The summed E-state index contributed by atoms with van der Waals surface area (Å²) >= 11 is 6.38. The van der Waals surface area contributed by atoms with Gasteiger partial charge < -0.3 is 5.11 Å².